The molecule has 1 fully saturated rings. The highest BCUT2D eigenvalue weighted by Crippen LogP contribution is 2.35. The molecule has 0 aromatic carbocycles. The molecule has 1 N–H and O–H groups in total. The Balaban J connectivity index is 1.57. The number of amides is 1. The number of nitrogens with one attached hydrogen (secondary N) is 1. The summed E-state index contributed by atoms with van der Waals surface area (Å²) in [5, 5.41) is 3.06. The minimum Gasteiger partial charge on any atom is -0.350 e. The Morgan fingerprint density at radius 2 is 2.35 bits per heavy atom. The van der Waals surface area contributed by atoms with Gasteiger partial charge in [0.1, 0.15) is 0 Å². The summed E-state index contributed by atoms with van der Waals surface area (Å²) in [6.45, 7) is 0.605. The number of halogens is 1. The van der Waals surface area contributed by atoms with Crippen LogP contribution in [-0.2, 0) is 12.8 Å². The molecule has 3 rings (SSSR count). The molecule has 2 aliphatic carbocycles. The van der Waals surface area contributed by atoms with E-state index in [1.165, 1.54) is 29.7 Å². The fourth-order valence-corrected chi connectivity index (χ4v) is 3.84. The summed E-state index contributed by atoms with van der Waals surface area (Å²) in [7, 11) is 0. The summed E-state index contributed by atoms with van der Waals surface area (Å²) in [6, 6.07) is 2.06. The first-order valence-corrected chi connectivity index (χ1v) is 7.53. The monoisotopic (exact) mass is 269 g/mol. The van der Waals surface area contributed by atoms with Crippen molar-refractivity contribution in [3.05, 3.63) is 21.4 Å². The molecule has 0 bridgehead atoms. The van der Waals surface area contributed by atoms with E-state index >= 15 is 0 Å². The molecule has 1 amide bonds. The Kier molecular flexibility index (Phi) is 3.14. The van der Waals surface area contributed by atoms with Crippen LogP contribution in [0.1, 0.15) is 39.4 Å². The fraction of sp³-hybridized carbons (Fsp3) is 0.615. The number of thiophene rings is 1. The molecule has 1 aromatic rings. The van der Waals surface area contributed by atoms with Gasteiger partial charge in [-0.25, -0.2) is 0 Å². The molecule has 0 radical (unpaired) electrons. The largest absolute Gasteiger partial charge is 0.350 e. The molecule has 1 aromatic heterocycles. The molecular formula is C13H16ClNOS. The SMILES string of the molecule is O=C(NCC(Cl)C1CC1)c1cc2c(s1)CCC2. The van der Waals surface area contributed by atoms with Crippen LogP contribution in [0.5, 0.6) is 0 Å². The maximum atomic E-state index is 11.9. The van der Waals surface area contributed by atoms with Gasteiger partial charge in [-0.1, -0.05) is 0 Å². The van der Waals surface area contributed by atoms with Crippen LogP contribution in [-0.4, -0.2) is 17.8 Å². The average molecular weight is 270 g/mol. The normalized spacial score (nSPS) is 20.1. The van der Waals surface area contributed by atoms with Crippen molar-refractivity contribution in [3.63, 3.8) is 0 Å². The Morgan fingerprint density at radius 1 is 1.53 bits per heavy atom. The summed E-state index contributed by atoms with van der Waals surface area (Å²) in [4.78, 5) is 14.2. The maximum absolute atomic E-state index is 11.9. The molecule has 1 unspecified atom stereocenters. The van der Waals surface area contributed by atoms with Crippen LogP contribution >= 0.6 is 22.9 Å². The third kappa shape index (κ3) is 2.50. The van der Waals surface area contributed by atoms with E-state index in [0.717, 1.165) is 17.7 Å². The molecule has 1 atom stereocenters. The first kappa shape index (κ1) is 11.5. The highest BCUT2D eigenvalue weighted by molar-refractivity contribution is 7.14. The molecular weight excluding hydrogens is 254 g/mol. The second-order valence-electron chi connectivity index (χ2n) is 4.98. The van der Waals surface area contributed by atoms with Crippen molar-refractivity contribution < 1.29 is 4.79 Å². The van der Waals surface area contributed by atoms with Gasteiger partial charge in [-0.2, -0.15) is 0 Å². The van der Waals surface area contributed by atoms with E-state index < -0.39 is 0 Å². The molecule has 1 saturated carbocycles. The van der Waals surface area contributed by atoms with Gasteiger partial charge < -0.3 is 5.32 Å². The summed E-state index contributed by atoms with van der Waals surface area (Å²) < 4.78 is 0. The number of hydrogen-bond acceptors (Lipinski definition) is 2. The van der Waals surface area contributed by atoms with Crippen molar-refractivity contribution in [2.45, 2.75) is 37.5 Å². The zero-order chi connectivity index (χ0) is 11.8. The topological polar surface area (TPSA) is 29.1 Å². The molecule has 0 aliphatic heterocycles. The quantitative estimate of drug-likeness (QED) is 0.837. The number of alkyl halides is 1. The minimum atomic E-state index is 0.0516. The van der Waals surface area contributed by atoms with Crippen molar-refractivity contribution in [2.75, 3.05) is 6.54 Å². The summed E-state index contributed by atoms with van der Waals surface area (Å²) >= 11 is 7.82. The Bertz CT molecular complexity index is 417. The van der Waals surface area contributed by atoms with Crippen molar-refractivity contribution in [2.24, 2.45) is 5.92 Å². The molecule has 17 heavy (non-hydrogen) atoms. The molecule has 1 heterocycles. The van der Waals surface area contributed by atoms with E-state index in [1.807, 2.05) is 0 Å². The zero-order valence-electron chi connectivity index (χ0n) is 9.67. The van der Waals surface area contributed by atoms with Crippen molar-refractivity contribution >= 4 is 28.8 Å². The molecule has 0 saturated heterocycles. The Labute approximate surface area is 110 Å². The Morgan fingerprint density at radius 3 is 3.06 bits per heavy atom. The van der Waals surface area contributed by atoms with Crippen molar-refractivity contribution in [1.29, 1.82) is 0 Å². The molecule has 2 aliphatic rings. The lowest BCUT2D eigenvalue weighted by atomic mass is 10.2. The van der Waals surface area contributed by atoms with Gasteiger partial charge in [-0.15, -0.1) is 22.9 Å². The highest BCUT2D eigenvalue weighted by Gasteiger charge is 2.30. The molecule has 0 spiro atoms. The smallest absolute Gasteiger partial charge is 0.261 e. The van der Waals surface area contributed by atoms with E-state index in [1.54, 1.807) is 11.3 Å². The molecule has 92 valence electrons. The van der Waals surface area contributed by atoms with Gasteiger partial charge in [0, 0.05) is 11.4 Å². The van der Waals surface area contributed by atoms with Gasteiger partial charge >= 0.3 is 0 Å². The number of rotatable bonds is 4. The second kappa shape index (κ2) is 4.62. The number of hydrogen-bond donors (Lipinski definition) is 1. The van der Waals surface area contributed by atoms with Gasteiger partial charge in [0.25, 0.3) is 5.91 Å². The lowest BCUT2D eigenvalue weighted by Gasteiger charge is -2.08. The summed E-state index contributed by atoms with van der Waals surface area (Å²) in [5.74, 6) is 0.681. The predicted molar refractivity (Wildman–Crippen MR) is 71.0 cm³/mol. The van der Waals surface area contributed by atoms with E-state index in [9.17, 15) is 4.79 Å². The minimum absolute atomic E-state index is 0.0516. The van der Waals surface area contributed by atoms with E-state index in [-0.39, 0.29) is 11.3 Å². The first-order chi connectivity index (χ1) is 8.24. The fourth-order valence-electron chi connectivity index (χ4n) is 2.34. The zero-order valence-corrected chi connectivity index (χ0v) is 11.2. The van der Waals surface area contributed by atoms with E-state index in [0.29, 0.717) is 12.5 Å². The lowest BCUT2D eigenvalue weighted by Crippen LogP contribution is -2.30. The van der Waals surface area contributed by atoms with Crippen LogP contribution < -0.4 is 5.32 Å². The van der Waals surface area contributed by atoms with Crippen molar-refractivity contribution in [1.82, 2.24) is 5.32 Å². The lowest BCUT2D eigenvalue weighted by molar-refractivity contribution is 0.0957. The van der Waals surface area contributed by atoms with Gasteiger partial charge in [0.2, 0.25) is 0 Å². The Hall–Kier alpha value is -0.540. The van der Waals surface area contributed by atoms with Crippen LogP contribution in [0, 0.1) is 5.92 Å². The van der Waals surface area contributed by atoms with Gasteiger partial charge in [0.05, 0.1) is 10.3 Å². The first-order valence-electron chi connectivity index (χ1n) is 6.28. The third-order valence-electron chi connectivity index (χ3n) is 3.56. The standard InChI is InChI=1S/C13H16ClNOS/c14-10(8-4-5-8)7-15-13(16)12-6-9-2-1-3-11(9)17-12/h6,8,10H,1-5,7H2,(H,15,16). The van der Waals surface area contributed by atoms with Gasteiger partial charge in [-0.3, -0.25) is 4.79 Å². The number of carbonyl (C=O) groups is 1. The summed E-state index contributed by atoms with van der Waals surface area (Å²) in [5.41, 5.74) is 1.38. The van der Waals surface area contributed by atoms with Crippen LogP contribution in [0.15, 0.2) is 6.07 Å². The summed E-state index contributed by atoms with van der Waals surface area (Å²) in [6.07, 6.45) is 5.97. The average Bonchev–Trinajstić information content (AvgIpc) is 2.94. The van der Waals surface area contributed by atoms with Crippen LogP contribution in [0.25, 0.3) is 0 Å². The number of fused-ring (bicyclic) bond motifs is 1. The second-order valence-corrected chi connectivity index (χ2v) is 6.67. The van der Waals surface area contributed by atoms with Crippen LogP contribution in [0.2, 0.25) is 0 Å². The molecule has 4 heteroatoms. The third-order valence-corrected chi connectivity index (χ3v) is 5.31. The number of aryl methyl sites for hydroxylation is 2. The number of carbonyl (C=O) groups excluding carboxylic acids is 1. The van der Waals surface area contributed by atoms with E-state index in [2.05, 4.69) is 11.4 Å². The highest BCUT2D eigenvalue weighted by atomic mass is 35.5. The maximum Gasteiger partial charge on any atom is 0.261 e. The predicted octanol–water partition coefficient (Wildman–Crippen LogP) is 2.98. The van der Waals surface area contributed by atoms with Gasteiger partial charge in [-0.05, 0) is 49.7 Å². The van der Waals surface area contributed by atoms with Gasteiger partial charge in [0.15, 0.2) is 0 Å². The van der Waals surface area contributed by atoms with E-state index in [4.69, 9.17) is 11.6 Å². The van der Waals surface area contributed by atoms with Crippen molar-refractivity contribution in [3.8, 4) is 0 Å². The van der Waals surface area contributed by atoms with Crippen LogP contribution in [0.4, 0.5) is 0 Å². The van der Waals surface area contributed by atoms with Crippen LogP contribution in [0.3, 0.4) is 0 Å². The molecule has 2 nitrogen and oxygen atoms in total.